The van der Waals surface area contributed by atoms with Gasteiger partial charge in [0.2, 0.25) is 0 Å². The van der Waals surface area contributed by atoms with E-state index in [1.54, 1.807) is 0 Å². The molecule has 0 amide bonds. The zero-order valence-electron chi connectivity index (χ0n) is 11.0. The van der Waals surface area contributed by atoms with Crippen molar-refractivity contribution in [2.75, 3.05) is 19.8 Å². The monoisotopic (exact) mass is 215 g/mol. The molecule has 0 aromatic carbocycles. The van der Waals surface area contributed by atoms with Gasteiger partial charge in [0.1, 0.15) is 0 Å². The summed E-state index contributed by atoms with van der Waals surface area (Å²) in [7, 11) is 0. The normalized spacial score (nSPS) is 15.2. The molecule has 0 aromatic rings. The Balaban J connectivity index is 3.44. The molecule has 0 spiro atoms. The second-order valence-corrected chi connectivity index (χ2v) is 4.36. The molecule has 0 radical (unpaired) electrons. The van der Waals surface area contributed by atoms with E-state index < -0.39 is 0 Å². The van der Waals surface area contributed by atoms with Crippen LogP contribution in [0.5, 0.6) is 0 Å². The molecule has 0 saturated heterocycles. The van der Waals surface area contributed by atoms with Gasteiger partial charge in [-0.25, -0.2) is 0 Å². The lowest BCUT2D eigenvalue weighted by molar-refractivity contribution is 0.143. The van der Waals surface area contributed by atoms with Gasteiger partial charge < -0.3 is 10.1 Å². The first-order chi connectivity index (χ1) is 7.24. The standard InChI is InChI=1S/C13H29NO/c1-5-12(4)11-13(6-2)14-9-8-10-15-7-3/h12-14H,5-11H2,1-4H3. The summed E-state index contributed by atoms with van der Waals surface area (Å²) in [5, 5.41) is 3.61. The van der Waals surface area contributed by atoms with Gasteiger partial charge in [-0.2, -0.15) is 0 Å². The SMILES string of the molecule is CCOCCCNC(CC)CC(C)CC. The van der Waals surface area contributed by atoms with Gasteiger partial charge in [0.25, 0.3) is 0 Å². The first-order valence-corrected chi connectivity index (χ1v) is 6.55. The highest BCUT2D eigenvalue weighted by Crippen LogP contribution is 2.11. The second-order valence-electron chi connectivity index (χ2n) is 4.36. The number of rotatable bonds is 10. The molecule has 0 rings (SSSR count). The summed E-state index contributed by atoms with van der Waals surface area (Å²) >= 11 is 0. The molecule has 0 aliphatic heterocycles. The van der Waals surface area contributed by atoms with E-state index >= 15 is 0 Å². The molecule has 0 heterocycles. The average molecular weight is 215 g/mol. The Kier molecular flexibility index (Phi) is 10.4. The minimum absolute atomic E-state index is 0.696. The summed E-state index contributed by atoms with van der Waals surface area (Å²) < 4.78 is 5.31. The quantitative estimate of drug-likeness (QED) is 0.565. The summed E-state index contributed by atoms with van der Waals surface area (Å²) in [4.78, 5) is 0. The van der Waals surface area contributed by atoms with E-state index in [-0.39, 0.29) is 0 Å². The second kappa shape index (κ2) is 10.4. The van der Waals surface area contributed by atoms with Gasteiger partial charge in [-0.1, -0.05) is 27.2 Å². The first kappa shape index (κ1) is 14.9. The average Bonchev–Trinajstić information content (AvgIpc) is 2.26. The summed E-state index contributed by atoms with van der Waals surface area (Å²) in [6.07, 6.45) is 4.96. The van der Waals surface area contributed by atoms with Crippen molar-refractivity contribution in [3.8, 4) is 0 Å². The Morgan fingerprint density at radius 1 is 1.13 bits per heavy atom. The van der Waals surface area contributed by atoms with Crippen molar-refractivity contribution in [2.24, 2.45) is 5.92 Å². The Bertz CT molecular complexity index is 128. The van der Waals surface area contributed by atoms with E-state index in [2.05, 4.69) is 26.1 Å². The van der Waals surface area contributed by atoms with Gasteiger partial charge >= 0.3 is 0 Å². The van der Waals surface area contributed by atoms with Crippen molar-refractivity contribution < 1.29 is 4.74 Å². The summed E-state index contributed by atoms with van der Waals surface area (Å²) in [5.41, 5.74) is 0. The van der Waals surface area contributed by atoms with Crippen molar-refractivity contribution in [1.82, 2.24) is 5.32 Å². The van der Waals surface area contributed by atoms with Crippen molar-refractivity contribution in [3.63, 3.8) is 0 Å². The fourth-order valence-corrected chi connectivity index (χ4v) is 1.67. The fourth-order valence-electron chi connectivity index (χ4n) is 1.67. The van der Waals surface area contributed by atoms with Crippen molar-refractivity contribution in [1.29, 1.82) is 0 Å². The Morgan fingerprint density at radius 2 is 1.87 bits per heavy atom. The Morgan fingerprint density at radius 3 is 2.40 bits per heavy atom. The van der Waals surface area contributed by atoms with Crippen LogP contribution in [0.4, 0.5) is 0 Å². The smallest absolute Gasteiger partial charge is 0.0477 e. The zero-order chi connectivity index (χ0) is 11.5. The predicted molar refractivity (Wildman–Crippen MR) is 67.3 cm³/mol. The van der Waals surface area contributed by atoms with E-state index in [4.69, 9.17) is 4.74 Å². The molecule has 0 aliphatic rings. The maximum atomic E-state index is 5.31. The maximum Gasteiger partial charge on any atom is 0.0477 e. The van der Waals surface area contributed by atoms with Gasteiger partial charge in [-0.15, -0.1) is 0 Å². The van der Waals surface area contributed by atoms with E-state index in [1.165, 1.54) is 19.3 Å². The molecule has 0 aliphatic carbocycles. The molecule has 2 heteroatoms. The number of ether oxygens (including phenoxy) is 1. The molecule has 2 nitrogen and oxygen atoms in total. The fraction of sp³-hybridized carbons (Fsp3) is 1.00. The lowest BCUT2D eigenvalue weighted by atomic mass is 9.98. The number of hydrogen-bond donors (Lipinski definition) is 1. The van der Waals surface area contributed by atoms with Gasteiger partial charge in [-0.05, 0) is 38.6 Å². The Labute approximate surface area is 95.8 Å². The molecule has 0 aromatic heterocycles. The van der Waals surface area contributed by atoms with Crippen molar-refractivity contribution in [3.05, 3.63) is 0 Å². The molecule has 2 unspecified atom stereocenters. The topological polar surface area (TPSA) is 21.3 Å². The van der Waals surface area contributed by atoms with Gasteiger partial charge in [-0.3, -0.25) is 0 Å². The first-order valence-electron chi connectivity index (χ1n) is 6.55. The third kappa shape index (κ3) is 8.88. The lowest BCUT2D eigenvalue weighted by Crippen LogP contribution is -2.31. The molecular formula is C13H29NO. The third-order valence-corrected chi connectivity index (χ3v) is 2.98. The molecular weight excluding hydrogens is 186 g/mol. The number of nitrogens with one attached hydrogen (secondary N) is 1. The highest BCUT2D eigenvalue weighted by atomic mass is 16.5. The molecule has 0 saturated carbocycles. The maximum absolute atomic E-state index is 5.31. The molecule has 1 N–H and O–H groups in total. The van der Waals surface area contributed by atoms with Gasteiger partial charge in [0.05, 0.1) is 0 Å². The van der Waals surface area contributed by atoms with E-state index in [9.17, 15) is 0 Å². The van der Waals surface area contributed by atoms with Crippen LogP contribution < -0.4 is 5.32 Å². The van der Waals surface area contributed by atoms with E-state index in [1.807, 2.05) is 6.92 Å². The minimum atomic E-state index is 0.696. The zero-order valence-corrected chi connectivity index (χ0v) is 11.0. The van der Waals surface area contributed by atoms with Gasteiger partial charge in [0.15, 0.2) is 0 Å². The Hall–Kier alpha value is -0.0800. The van der Waals surface area contributed by atoms with Crippen LogP contribution in [0, 0.1) is 5.92 Å². The van der Waals surface area contributed by atoms with Crippen LogP contribution >= 0.6 is 0 Å². The summed E-state index contributed by atoms with van der Waals surface area (Å²) in [5.74, 6) is 0.842. The van der Waals surface area contributed by atoms with Crippen LogP contribution in [-0.2, 0) is 4.74 Å². The van der Waals surface area contributed by atoms with Gasteiger partial charge in [0, 0.05) is 19.3 Å². The van der Waals surface area contributed by atoms with Crippen molar-refractivity contribution in [2.45, 2.75) is 59.4 Å². The molecule has 92 valence electrons. The summed E-state index contributed by atoms with van der Waals surface area (Å²) in [6.45, 7) is 11.7. The van der Waals surface area contributed by atoms with Crippen LogP contribution in [0.1, 0.15) is 53.4 Å². The molecule has 15 heavy (non-hydrogen) atoms. The largest absolute Gasteiger partial charge is 0.382 e. The molecule has 0 fully saturated rings. The van der Waals surface area contributed by atoms with Crippen LogP contribution in [0.2, 0.25) is 0 Å². The van der Waals surface area contributed by atoms with Crippen LogP contribution in [0.25, 0.3) is 0 Å². The van der Waals surface area contributed by atoms with E-state index in [0.29, 0.717) is 6.04 Å². The lowest BCUT2D eigenvalue weighted by Gasteiger charge is -2.20. The molecule has 2 atom stereocenters. The predicted octanol–water partition coefficient (Wildman–Crippen LogP) is 3.22. The number of hydrogen-bond acceptors (Lipinski definition) is 2. The molecule has 0 bridgehead atoms. The highest BCUT2D eigenvalue weighted by molar-refractivity contribution is 4.67. The highest BCUT2D eigenvalue weighted by Gasteiger charge is 2.08. The summed E-state index contributed by atoms with van der Waals surface area (Å²) in [6, 6.07) is 0.696. The third-order valence-electron chi connectivity index (χ3n) is 2.98. The van der Waals surface area contributed by atoms with Crippen LogP contribution in [-0.4, -0.2) is 25.8 Å². The van der Waals surface area contributed by atoms with Crippen molar-refractivity contribution >= 4 is 0 Å². The van der Waals surface area contributed by atoms with Crippen LogP contribution in [0.3, 0.4) is 0 Å². The van der Waals surface area contributed by atoms with E-state index in [0.717, 1.165) is 32.1 Å². The van der Waals surface area contributed by atoms with Crippen LogP contribution in [0.15, 0.2) is 0 Å². The minimum Gasteiger partial charge on any atom is -0.382 e.